The monoisotopic (exact) mass is 633 g/mol. The van der Waals surface area contributed by atoms with Crippen LogP contribution in [-0.4, -0.2) is 43.9 Å². The molecule has 0 radical (unpaired) electrons. The van der Waals surface area contributed by atoms with Crippen molar-refractivity contribution in [3.63, 3.8) is 0 Å². The second kappa shape index (κ2) is 12.2. The van der Waals surface area contributed by atoms with Crippen molar-refractivity contribution in [1.29, 1.82) is 0 Å². The van der Waals surface area contributed by atoms with E-state index in [1.807, 2.05) is 60.7 Å². The van der Waals surface area contributed by atoms with Crippen LogP contribution in [0.5, 0.6) is 0 Å². The number of tetrazole rings is 1. The lowest BCUT2D eigenvalue weighted by Gasteiger charge is -2.50. The Morgan fingerprint density at radius 1 is 0.822 bits per heavy atom. The molecule has 6 nitrogen and oxygen atoms in total. The summed E-state index contributed by atoms with van der Waals surface area (Å²) in [6.45, 7) is -0.640. The number of fused-ring (bicyclic) bond motifs is 2. The predicted molar refractivity (Wildman–Crippen MR) is 149 cm³/mol. The molecule has 2 bridgehead atoms. The standard InChI is InChI=1S/C32H30F7N5O/c33-13-14-44-29(40-41-42-44)26-18-30(23-9-5-2-6-10-23)28(12-11-27(26)43(30)19-21-7-3-1-4-8-21)45-20-22-15-24(31(34,35)36)17-25(16-22)32(37,38)39/h1-10,15-17,26-28H,11-14,18-20H2. The van der Waals surface area contributed by atoms with Crippen LogP contribution in [0.25, 0.3) is 0 Å². The fourth-order valence-corrected chi connectivity index (χ4v) is 7.07. The lowest BCUT2D eigenvalue weighted by Crippen LogP contribution is -2.56. The minimum atomic E-state index is -4.96. The maximum absolute atomic E-state index is 13.6. The molecular weight excluding hydrogens is 603 g/mol. The quantitative estimate of drug-likeness (QED) is 0.181. The Bertz CT molecular complexity index is 1560. The van der Waals surface area contributed by atoms with E-state index < -0.39 is 48.4 Å². The average molecular weight is 634 g/mol. The molecule has 0 aliphatic carbocycles. The van der Waals surface area contributed by atoms with Crippen LogP contribution in [0.4, 0.5) is 30.7 Å². The first-order valence-corrected chi connectivity index (χ1v) is 14.6. The van der Waals surface area contributed by atoms with Gasteiger partial charge in [0.1, 0.15) is 6.67 Å². The summed E-state index contributed by atoms with van der Waals surface area (Å²) < 4.78 is 103. The average Bonchev–Trinajstić information content (AvgIpc) is 3.55. The normalized spacial score (nSPS) is 23.8. The molecular formula is C32H30F7N5O. The van der Waals surface area contributed by atoms with E-state index in [1.54, 1.807) is 0 Å². The summed E-state index contributed by atoms with van der Waals surface area (Å²) >= 11 is 0. The molecule has 2 fully saturated rings. The van der Waals surface area contributed by atoms with Crippen LogP contribution in [-0.2, 0) is 42.3 Å². The molecule has 4 aromatic rings. The molecule has 4 atom stereocenters. The minimum Gasteiger partial charge on any atom is -0.371 e. The highest BCUT2D eigenvalue weighted by molar-refractivity contribution is 5.36. The van der Waals surface area contributed by atoms with Gasteiger partial charge in [-0.2, -0.15) is 26.3 Å². The Balaban J connectivity index is 1.42. The van der Waals surface area contributed by atoms with Gasteiger partial charge in [-0.15, -0.1) is 5.10 Å². The van der Waals surface area contributed by atoms with Gasteiger partial charge in [0.05, 0.1) is 35.9 Å². The highest BCUT2D eigenvalue weighted by Crippen LogP contribution is 2.57. The smallest absolute Gasteiger partial charge is 0.371 e. The highest BCUT2D eigenvalue weighted by Gasteiger charge is 2.61. The Labute approximate surface area is 254 Å². The van der Waals surface area contributed by atoms with E-state index in [9.17, 15) is 30.7 Å². The van der Waals surface area contributed by atoms with Gasteiger partial charge in [0.15, 0.2) is 5.82 Å². The van der Waals surface area contributed by atoms with Gasteiger partial charge in [-0.1, -0.05) is 60.7 Å². The van der Waals surface area contributed by atoms with Crippen LogP contribution in [0, 0.1) is 0 Å². The molecule has 3 heterocycles. The SMILES string of the molecule is FCCn1nnnc1C1CC2(c3ccccc3)C(OCc3cc(C(F)(F)F)cc(C(F)(F)F)c3)CCC1N2Cc1ccccc1. The van der Waals surface area contributed by atoms with Gasteiger partial charge < -0.3 is 4.74 Å². The zero-order valence-electron chi connectivity index (χ0n) is 24.0. The summed E-state index contributed by atoms with van der Waals surface area (Å²) in [5.41, 5.74) is -1.93. The van der Waals surface area contributed by atoms with Gasteiger partial charge in [-0.3, -0.25) is 4.90 Å². The fraction of sp³-hybridized carbons (Fsp3) is 0.406. The maximum atomic E-state index is 13.6. The summed E-state index contributed by atoms with van der Waals surface area (Å²) in [6.07, 6.45) is -9.02. The molecule has 0 spiro atoms. The minimum absolute atomic E-state index is 0.0143. The van der Waals surface area contributed by atoms with Gasteiger partial charge in [-0.25, -0.2) is 9.07 Å². The van der Waals surface area contributed by atoms with Gasteiger partial charge >= 0.3 is 12.4 Å². The van der Waals surface area contributed by atoms with Crippen LogP contribution in [0.15, 0.2) is 78.9 Å². The number of aryl methyl sites for hydroxylation is 1. The molecule has 2 saturated heterocycles. The number of piperidine rings is 1. The Hall–Kier alpha value is -3.84. The van der Waals surface area contributed by atoms with Gasteiger partial charge in [-0.05, 0) is 64.6 Å². The first kappa shape index (κ1) is 31.2. The number of nitrogens with zero attached hydrogens (tertiary/aromatic N) is 5. The number of hydrogen-bond donors (Lipinski definition) is 0. The molecule has 2 aliphatic heterocycles. The van der Waals surface area contributed by atoms with Crippen LogP contribution >= 0.6 is 0 Å². The molecule has 0 amide bonds. The van der Waals surface area contributed by atoms with Crippen LogP contribution in [0.2, 0.25) is 0 Å². The number of halogens is 7. The van der Waals surface area contributed by atoms with Crippen molar-refractivity contribution >= 4 is 0 Å². The van der Waals surface area contributed by atoms with E-state index in [2.05, 4.69) is 20.4 Å². The van der Waals surface area contributed by atoms with E-state index in [0.29, 0.717) is 43.8 Å². The largest absolute Gasteiger partial charge is 0.416 e. The predicted octanol–water partition coefficient (Wildman–Crippen LogP) is 7.31. The summed E-state index contributed by atoms with van der Waals surface area (Å²) in [4.78, 5) is 2.30. The molecule has 6 rings (SSSR count). The molecule has 2 aliphatic rings. The van der Waals surface area contributed by atoms with Gasteiger partial charge in [0.25, 0.3) is 0 Å². The van der Waals surface area contributed by atoms with Crippen LogP contribution in [0.1, 0.15) is 58.8 Å². The van der Waals surface area contributed by atoms with Crippen molar-refractivity contribution in [3.05, 3.63) is 113 Å². The van der Waals surface area contributed by atoms with E-state index in [-0.39, 0.29) is 30.1 Å². The zero-order valence-corrected chi connectivity index (χ0v) is 24.0. The lowest BCUT2D eigenvalue weighted by molar-refractivity contribution is -0.143. The number of aromatic nitrogens is 4. The molecule has 1 aromatic heterocycles. The van der Waals surface area contributed by atoms with Crippen molar-refractivity contribution in [3.8, 4) is 0 Å². The van der Waals surface area contributed by atoms with Crippen molar-refractivity contribution in [2.45, 2.75) is 74.9 Å². The maximum Gasteiger partial charge on any atom is 0.416 e. The van der Waals surface area contributed by atoms with E-state index in [0.717, 1.165) is 11.1 Å². The Kier molecular flexibility index (Phi) is 8.42. The first-order valence-electron chi connectivity index (χ1n) is 14.6. The third-order valence-corrected chi connectivity index (χ3v) is 8.92. The molecule has 3 aromatic carbocycles. The lowest BCUT2D eigenvalue weighted by atomic mass is 9.78. The Morgan fingerprint density at radius 2 is 1.47 bits per heavy atom. The molecule has 0 saturated carbocycles. The Morgan fingerprint density at radius 3 is 2.09 bits per heavy atom. The summed E-state index contributed by atoms with van der Waals surface area (Å²) in [5.74, 6) is 0.288. The van der Waals surface area contributed by atoms with Crippen molar-refractivity contribution in [1.82, 2.24) is 25.1 Å². The number of ether oxygens (including phenoxy) is 1. The second-order valence-electron chi connectivity index (χ2n) is 11.5. The number of alkyl halides is 7. The molecule has 13 heteroatoms. The third-order valence-electron chi connectivity index (χ3n) is 8.92. The van der Waals surface area contributed by atoms with Gasteiger partial charge in [0.2, 0.25) is 0 Å². The molecule has 45 heavy (non-hydrogen) atoms. The van der Waals surface area contributed by atoms with Crippen molar-refractivity contribution in [2.24, 2.45) is 0 Å². The summed E-state index contributed by atoms with van der Waals surface area (Å²) in [6, 6.07) is 20.7. The summed E-state index contributed by atoms with van der Waals surface area (Å²) in [7, 11) is 0. The highest BCUT2D eigenvalue weighted by atomic mass is 19.4. The summed E-state index contributed by atoms with van der Waals surface area (Å²) in [5, 5.41) is 12.1. The number of hydrogen-bond acceptors (Lipinski definition) is 5. The number of rotatable bonds is 9. The second-order valence-corrected chi connectivity index (χ2v) is 11.5. The van der Waals surface area contributed by atoms with Crippen molar-refractivity contribution < 1.29 is 35.5 Å². The fourth-order valence-electron chi connectivity index (χ4n) is 7.07. The van der Waals surface area contributed by atoms with E-state index in [4.69, 9.17) is 4.74 Å². The van der Waals surface area contributed by atoms with Crippen molar-refractivity contribution in [2.75, 3.05) is 6.67 Å². The first-order chi connectivity index (χ1) is 21.5. The van der Waals surface area contributed by atoms with Crippen LogP contribution in [0.3, 0.4) is 0 Å². The zero-order chi connectivity index (χ0) is 31.8. The molecule has 238 valence electrons. The number of benzene rings is 3. The molecule has 4 unspecified atom stereocenters. The molecule has 0 N–H and O–H groups in total. The third kappa shape index (κ3) is 6.07. The topological polar surface area (TPSA) is 56.1 Å². The van der Waals surface area contributed by atoms with E-state index in [1.165, 1.54) is 4.68 Å². The van der Waals surface area contributed by atoms with Gasteiger partial charge in [0, 0.05) is 18.5 Å². The van der Waals surface area contributed by atoms with E-state index >= 15 is 0 Å². The van der Waals surface area contributed by atoms with Crippen LogP contribution < -0.4 is 0 Å².